The van der Waals surface area contributed by atoms with E-state index in [0.29, 0.717) is 23.0 Å². The van der Waals surface area contributed by atoms with Crippen molar-refractivity contribution in [1.82, 2.24) is 4.98 Å². The number of rotatable bonds is 6. The Kier molecular flexibility index (Phi) is 5.46. The van der Waals surface area contributed by atoms with Crippen molar-refractivity contribution in [2.75, 3.05) is 10.6 Å². The molecule has 5 nitrogen and oxygen atoms in total. The highest BCUT2D eigenvalue weighted by Gasteiger charge is 2.09. The van der Waals surface area contributed by atoms with Crippen LogP contribution in [-0.4, -0.2) is 22.7 Å². The summed E-state index contributed by atoms with van der Waals surface area (Å²) in [6.07, 6.45) is 2.60. The Morgan fingerprint density at radius 2 is 1.83 bits per heavy atom. The molecule has 0 aliphatic heterocycles. The van der Waals surface area contributed by atoms with Gasteiger partial charge in [-0.15, -0.1) is 0 Å². The zero-order valence-electron chi connectivity index (χ0n) is 13.6. The molecule has 1 aromatic heterocycles. The van der Waals surface area contributed by atoms with E-state index in [1.54, 1.807) is 36.5 Å². The molecule has 0 radical (unpaired) electrons. The molecule has 1 amide bonds. The average molecular weight is 311 g/mol. The lowest BCUT2D eigenvalue weighted by atomic mass is 10.1. The van der Waals surface area contributed by atoms with E-state index in [0.717, 1.165) is 12.1 Å². The molecule has 0 bridgehead atoms. The first-order valence-electron chi connectivity index (χ1n) is 7.64. The fourth-order valence-electron chi connectivity index (χ4n) is 2.01. The number of carbonyl (C=O) groups is 2. The summed E-state index contributed by atoms with van der Waals surface area (Å²) in [4.78, 5) is 27.6. The number of anilines is 2. The topological polar surface area (TPSA) is 71.1 Å². The number of aromatic nitrogens is 1. The van der Waals surface area contributed by atoms with Crippen LogP contribution in [0.5, 0.6) is 0 Å². The third-order valence-electron chi connectivity index (χ3n) is 3.57. The molecule has 0 aliphatic carbocycles. The molecular weight excluding hydrogens is 290 g/mol. The molecule has 2 aromatic rings. The van der Waals surface area contributed by atoms with E-state index in [2.05, 4.69) is 29.5 Å². The number of carbonyl (C=O) groups excluding carboxylic acids is 2. The molecule has 5 heteroatoms. The summed E-state index contributed by atoms with van der Waals surface area (Å²) in [5.74, 6) is -0.290. The summed E-state index contributed by atoms with van der Waals surface area (Å²) in [7, 11) is 0. The molecule has 1 heterocycles. The molecule has 1 atom stereocenters. The van der Waals surface area contributed by atoms with E-state index in [4.69, 9.17) is 0 Å². The van der Waals surface area contributed by atoms with Gasteiger partial charge in [-0.2, -0.15) is 0 Å². The largest absolute Gasteiger partial charge is 0.382 e. The number of nitrogens with one attached hydrogen (secondary N) is 2. The first kappa shape index (κ1) is 16.7. The minimum absolute atomic E-state index is 0.00615. The molecule has 0 fully saturated rings. The van der Waals surface area contributed by atoms with Crippen LogP contribution < -0.4 is 10.6 Å². The highest BCUT2D eigenvalue weighted by molar-refractivity contribution is 6.03. The minimum atomic E-state index is -0.284. The van der Waals surface area contributed by atoms with Gasteiger partial charge in [0.1, 0.15) is 5.69 Å². The number of nitrogens with zero attached hydrogens (tertiary/aromatic N) is 1. The maximum Gasteiger partial charge on any atom is 0.274 e. The Balaban J connectivity index is 2.08. The zero-order valence-corrected chi connectivity index (χ0v) is 13.6. The molecule has 1 unspecified atom stereocenters. The van der Waals surface area contributed by atoms with Crippen LogP contribution in [0.2, 0.25) is 0 Å². The fourth-order valence-corrected chi connectivity index (χ4v) is 2.01. The van der Waals surface area contributed by atoms with Crippen molar-refractivity contribution < 1.29 is 9.59 Å². The Bertz CT molecular complexity index is 696. The number of hydrogen-bond donors (Lipinski definition) is 2. The average Bonchev–Trinajstić information content (AvgIpc) is 2.55. The second-order valence-electron chi connectivity index (χ2n) is 5.47. The highest BCUT2D eigenvalue weighted by Crippen LogP contribution is 2.14. The van der Waals surface area contributed by atoms with E-state index in [1.807, 2.05) is 6.07 Å². The van der Waals surface area contributed by atoms with Crippen molar-refractivity contribution in [2.45, 2.75) is 33.2 Å². The molecule has 23 heavy (non-hydrogen) atoms. The van der Waals surface area contributed by atoms with Gasteiger partial charge in [0.2, 0.25) is 0 Å². The summed E-state index contributed by atoms with van der Waals surface area (Å²) in [5, 5.41) is 6.09. The fraction of sp³-hybridized carbons (Fsp3) is 0.278. The van der Waals surface area contributed by atoms with E-state index >= 15 is 0 Å². The number of Topliss-reactive ketones (excluding diaryl/α,β-unsaturated/α-hetero) is 1. The lowest BCUT2D eigenvalue weighted by molar-refractivity contribution is 0.101. The molecule has 0 saturated carbocycles. The molecular formula is C18H21N3O2. The van der Waals surface area contributed by atoms with Gasteiger partial charge in [0.05, 0.1) is 0 Å². The smallest absolute Gasteiger partial charge is 0.274 e. The molecule has 2 N–H and O–H groups in total. The Hall–Kier alpha value is -2.69. The molecule has 0 aliphatic rings. The van der Waals surface area contributed by atoms with Gasteiger partial charge >= 0.3 is 0 Å². The predicted molar refractivity (Wildman–Crippen MR) is 92.0 cm³/mol. The van der Waals surface area contributed by atoms with Crippen molar-refractivity contribution in [3.63, 3.8) is 0 Å². The Labute approximate surface area is 136 Å². The second kappa shape index (κ2) is 7.54. The monoisotopic (exact) mass is 311 g/mol. The van der Waals surface area contributed by atoms with Crippen molar-refractivity contribution in [1.29, 1.82) is 0 Å². The van der Waals surface area contributed by atoms with E-state index < -0.39 is 0 Å². The van der Waals surface area contributed by atoms with Crippen LogP contribution in [0.1, 0.15) is 48.0 Å². The van der Waals surface area contributed by atoms with Gasteiger partial charge in [-0.25, -0.2) is 0 Å². The number of hydrogen-bond acceptors (Lipinski definition) is 4. The van der Waals surface area contributed by atoms with Gasteiger partial charge in [-0.3, -0.25) is 14.6 Å². The third kappa shape index (κ3) is 4.64. The van der Waals surface area contributed by atoms with E-state index in [1.165, 1.54) is 6.92 Å². The van der Waals surface area contributed by atoms with Crippen LogP contribution in [0.4, 0.5) is 11.4 Å². The standard InChI is InChI=1S/C18H21N3O2/c1-4-12(2)20-16-9-10-19-17(11-16)18(23)21-15-7-5-14(6-8-15)13(3)22/h5-12H,4H2,1-3H3,(H,19,20)(H,21,23). The lowest BCUT2D eigenvalue weighted by Gasteiger charge is -2.13. The number of ketones is 1. The lowest BCUT2D eigenvalue weighted by Crippen LogP contribution is -2.16. The Morgan fingerprint density at radius 3 is 2.43 bits per heavy atom. The second-order valence-corrected chi connectivity index (χ2v) is 5.47. The van der Waals surface area contributed by atoms with Crippen LogP contribution in [0, 0.1) is 0 Å². The van der Waals surface area contributed by atoms with E-state index in [-0.39, 0.29) is 11.7 Å². The van der Waals surface area contributed by atoms with Crippen LogP contribution in [0.3, 0.4) is 0 Å². The molecule has 120 valence electrons. The van der Waals surface area contributed by atoms with E-state index in [9.17, 15) is 9.59 Å². The maximum absolute atomic E-state index is 12.3. The summed E-state index contributed by atoms with van der Waals surface area (Å²) in [6, 6.07) is 10.7. The first-order chi connectivity index (χ1) is 11.0. The maximum atomic E-state index is 12.3. The zero-order chi connectivity index (χ0) is 16.8. The molecule has 1 aromatic carbocycles. The normalized spacial score (nSPS) is 11.6. The highest BCUT2D eigenvalue weighted by atomic mass is 16.2. The summed E-state index contributed by atoms with van der Waals surface area (Å²) in [5.41, 5.74) is 2.45. The van der Waals surface area contributed by atoms with Crippen LogP contribution >= 0.6 is 0 Å². The first-order valence-corrected chi connectivity index (χ1v) is 7.64. The van der Waals surface area contributed by atoms with Gasteiger partial charge in [-0.05, 0) is 56.7 Å². The Morgan fingerprint density at radius 1 is 1.13 bits per heavy atom. The van der Waals surface area contributed by atoms with Gasteiger partial charge in [0.15, 0.2) is 5.78 Å². The predicted octanol–water partition coefficient (Wildman–Crippen LogP) is 3.75. The van der Waals surface area contributed by atoms with Crippen molar-refractivity contribution in [2.24, 2.45) is 0 Å². The summed E-state index contributed by atoms with van der Waals surface area (Å²) < 4.78 is 0. The molecule has 0 spiro atoms. The SMILES string of the molecule is CCC(C)Nc1ccnc(C(=O)Nc2ccc(C(C)=O)cc2)c1. The van der Waals surface area contributed by atoms with Crippen molar-refractivity contribution in [3.8, 4) is 0 Å². The minimum Gasteiger partial charge on any atom is -0.382 e. The van der Waals surface area contributed by atoms with Crippen molar-refractivity contribution in [3.05, 3.63) is 53.9 Å². The number of benzene rings is 1. The summed E-state index contributed by atoms with van der Waals surface area (Å²) >= 11 is 0. The van der Waals surface area contributed by atoms with Gasteiger partial charge in [0, 0.05) is 29.2 Å². The number of pyridine rings is 1. The van der Waals surface area contributed by atoms with Crippen LogP contribution in [-0.2, 0) is 0 Å². The number of amides is 1. The van der Waals surface area contributed by atoms with Crippen LogP contribution in [0.15, 0.2) is 42.6 Å². The molecule has 0 saturated heterocycles. The summed E-state index contributed by atoms with van der Waals surface area (Å²) in [6.45, 7) is 5.68. The molecule has 2 rings (SSSR count). The third-order valence-corrected chi connectivity index (χ3v) is 3.57. The van der Waals surface area contributed by atoms with Gasteiger partial charge < -0.3 is 10.6 Å². The van der Waals surface area contributed by atoms with Crippen molar-refractivity contribution >= 4 is 23.1 Å². The van der Waals surface area contributed by atoms with Gasteiger partial charge in [-0.1, -0.05) is 6.92 Å². The quantitative estimate of drug-likeness (QED) is 0.797. The van der Waals surface area contributed by atoms with Gasteiger partial charge in [0.25, 0.3) is 5.91 Å². The van der Waals surface area contributed by atoms with Crippen LogP contribution in [0.25, 0.3) is 0 Å².